The molecule has 122 valence electrons. The lowest BCUT2D eigenvalue weighted by Gasteiger charge is -2.11. The summed E-state index contributed by atoms with van der Waals surface area (Å²) < 4.78 is 11.2. The standard InChI is InChI=1S/C20H19NO3/c1-14(2)6-7-15-11-16-8-9-20(22)24-19(16)12-18(15)23-13-17-5-3-4-10-21-17/h3-6,8-12H,7,13H2,1-2H3. The summed E-state index contributed by atoms with van der Waals surface area (Å²) in [5.74, 6) is 0.708. The molecule has 24 heavy (non-hydrogen) atoms. The van der Waals surface area contributed by atoms with Gasteiger partial charge >= 0.3 is 5.63 Å². The van der Waals surface area contributed by atoms with E-state index in [2.05, 4.69) is 24.9 Å². The molecule has 0 amide bonds. The Hall–Kier alpha value is -2.88. The molecule has 3 rings (SSSR count). The maximum atomic E-state index is 11.4. The molecule has 0 spiro atoms. The highest BCUT2D eigenvalue weighted by Crippen LogP contribution is 2.27. The van der Waals surface area contributed by atoms with Crippen LogP contribution in [-0.4, -0.2) is 4.98 Å². The SMILES string of the molecule is CC(C)=CCc1cc2ccc(=O)oc2cc1OCc1ccccn1. The fraction of sp³-hybridized carbons (Fsp3) is 0.200. The van der Waals surface area contributed by atoms with Crippen molar-refractivity contribution in [3.05, 3.63) is 82.0 Å². The normalized spacial score (nSPS) is 10.6. The predicted molar refractivity (Wildman–Crippen MR) is 94.2 cm³/mol. The maximum absolute atomic E-state index is 11.4. The van der Waals surface area contributed by atoms with Gasteiger partial charge in [0.1, 0.15) is 17.9 Å². The Balaban J connectivity index is 1.96. The van der Waals surface area contributed by atoms with Gasteiger partial charge in [0.05, 0.1) is 5.69 Å². The van der Waals surface area contributed by atoms with E-state index in [-0.39, 0.29) is 5.63 Å². The first-order valence-electron chi connectivity index (χ1n) is 7.85. The number of aromatic nitrogens is 1. The number of rotatable bonds is 5. The van der Waals surface area contributed by atoms with Gasteiger partial charge in [-0.25, -0.2) is 4.79 Å². The molecule has 0 N–H and O–H groups in total. The second kappa shape index (κ2) is 7.13. The molecular weight excluding hydrogens is 302 g/mol. The second-order valence-corrected chi connectivity index (χ2v) is 5.85. The Morgan fingerprint density at radius 2 is 2.08 bits per heavy atom. The number of hydrogen-bond donors (Lipinski definition) is 0. The van der Waals surface area contributed by atoms with Crippen LogP contribution in [0, 0.1) is 0 Å². The van der Waals surface area contributed by atoms with Gasteiger partial charge in [0.15, 0.2) is 0 Å². The Labute approximate surface area is 140 Å². The monoisotopic (exact) mass is 321 g/mol. The highest BCUT2D eigenvalue weighted by molar-refractivity contribution is 5.79. The van der Waals surface area contributed by atoms with Crippen molar-refractivity contribution in [2.75, 3.05) is 0 Å². The van der Waals surface area contributed by atoms with E-state index in [0.717, 1.165) is 23.1 Å². The smallest absolute Gasteiger partial charge is 0.336 e. The van der Waals surface area contributed by atoms with Crippen molar-refractivity contribution in [1.29, 1.82) is 0 Å². The second-order valence-electron chi connectivity index (χ2n) is 5.85. The largest absolute Gasteiger partial charge is 0.487 e. The van der Waals surface area contributed by atoms with Gasteiger partial charge in [0.25, 0.3) is 0 Å². The van der Waals surface area contributed by atoms with Gasteiger partial charge in [-0.05, 0) is 50.1 Å². The van der Waals surface area contributed by atoms with Gasteiger partial charge in [-0.1, -0.05) is 17.7 Å². The molecule has 0 saturated carbocycles. The minimum Gasteiger partial charge on any atom is -0.487 e. The van der Waals surface area contributed by atoms with Crippen LogP contribution in [0.25, 0.3) is 11.0 Å². The molecule has 0 radical (unpaired) electrons. The molecule has 4 heteroatoms. The van der Waals surface area contributed by atoms with Gasteiger partial charge in [-0.2, -0.15) is 0 Å². The van der Waals surface area contributed by atoms with Gasteiger partial charge in [-0.3, -0.25) is 4.98 Å². The van der Waals surface area contributed by atoms with E-state index in [1.165, 1.54) is 11.6 Å². The van der Waals surface area contributed by atoms with Crippen LogP contribution >= 0.6 is 0 Å². The van der Waals surface area contributed by atoms with E-state index in [9.17, 15) is 4.79 Å². The lowest BCUT2D eigenvalue weighted by molar-refractivity contribution is 0.298. The zero-order chi connectivity index (χ0) is 16.9. The van der Waals surface area contributed by atoms with Crippen molar-refractivity contribution in [3.63, 3.8) is 0 Å². The minimum absolute atomic E-state index is 0.366. The Bertz CT molecular complexity index is 923. The predicted octanol–water partition coefficient (Wildman–Crippen LogP) is 4.28. The first-order valence-corrected chi connectivity index (χ1v) is 7.85. The average molecular weight is 321 g/mol. The summed E-state index contributed by atoms with van der Waals surface area (Å²) in [6.07, 6.45) is 4.64. The van der Waals surface area contributed by atoms with E-state index in [1.807, 2.05) is 24.3 Å². The molecule has 0 bridgehead atoms. The lowest BCUT2D eigenvalue weighted by Crippen LogP contribution is -2.01. The van der Waals surface area contributed by atoms with Crippen LogP contribution < -0.4 is 10.4 Å². The molecule has 3 aromatic rings. The van der Waals surface area contributed by atoms with Crippen LogP contribution in [0.2, 0.25) is 0 Å². The quantitative estimate of drug-likeness (QED) is 0.520. The number of hydrogen-bond acceptors (Lipinski definition) is 4. The third-order valence-electron chi connectivity index (χ3n) is 3.63. The summed E-state index contributed by atoms with van der Waals surface area (Å²) >= 11 is 0. The third kappa shape index (κ3) is 3.90. The third-order valence-corrected chi connectivity index (χ3v) is 3.63. The van der Waals surface area contributed by atoms with Gasteiger partial charge in [-0.15, -0.1) is 0 Å². The van der Waals surface area contributed by atoms with E-state index < -0.39 is 0 Å². The van der Waals surface area contributed by atoms with Crippen molar-refractivity contribution in [1.82, 2.24) is 4.98 Å². The molecule has 0 atom stereocenters. The van der Waals surface area contributed by atoms with E-state index in [1.54, 1.807) is 18.3 Å². The van der Waals surface area contributed by atoms with Crippen LogP contribution in [0.4, 0.5) is 0 Å². The maximum Gasteiger partial charge on any atom is 0.336 e. The molecule has 0 aliphatic heterocycles. The highest BCUT2D eigenvalue weighted by atomic mass is 16.5. The Morgan fingerprint density at radius 3 is 2.83 bits per heavy atom. The molecule has 0 fully saturated rings. The molecule has 2 aromatic heterocycles. The number of nitrogens with zero attached hydrogens (tertiary/aromatic N) is 1. The molecule has 0 saturated heterocycles. The summed E-state index contributed by atoms with van der Waals surface area (Å²) in [5, 5.41) is 0.886. The van der Waals surface area contributed by atoms with Gasteiger partial charge < -0.3 is 9.15 Å². The highest BCUT2D eigenvalue weighted by Gasteiger charge is 2.08. The molecular formula is C20H19NO3. The van der Waals surface area contributed by atoms with Gasteiger partial charge in [0.2, 0.25) is 0 Å². The van der Waals surface area contributed by atoms with Crippen molar-refractivity contribution in [3.8, 4) is 5.75 Å². The van der Waals surface area contributed by atoms with Crippen LogP contribution in [0.1, 0.15) is 25.1 Å². The molecule has 2 heterocycles. The number of allylic oxidation sites excluding steroid dienone is 2. The van der Waals surface area contributed by atoms with Crippen LogP contribution in [0.3, 0.4) is 0 Å². The fourth-order valence-electron chi connectivity index (χ4n) is 2.39. The van der Waals surface area contributed by atoms with Crippen molar-refractivity contribution >= 4 is 11.0 Å². The first-order chi connectivity index (χ1) is 11.6. The Morgan fingerprint density at radius 1 is 1.21 bits per heavy atom. The summed E-state index contributed by atoms with van der Waals surface area (Å²) in [7, 11) is 0. The average Bonchev–Trinajstić information content (AvgIpc) is 2.58. The van der Waals surface area contributed by atoms with Crippen molar-refractivity contribution in [2.24, 2.45) is 0 Å². The lowest BCUT2D eigenvalue weighted by atomic mass is 10.1. The van der Waals surface area contributed by atoms with Crippen molar-refractivity contribution < 1.29 is 9.15 Å². The van der Waals surface area contributed by atoms with E-state index in [4.69, 9.17) is 9.15 Å². The molecule has 0 unspecified atom stereocenters. The van der Waals surface area contributed by atoms with Crippen LogP contribution in [0.15, 0.2) is 69.5 Å². The number of fused-ring (bicyclic) bond motifs is 1. The molecule has 0 aliphatic rings. The number of pyridine rings is 1. The summed E-state index contributed by atoms with van der Waals surface area (Å²) in [6, 6.07) is 12.7. The van der Waals surface area contributed by atoms with Crippen LogP contribution in [0.5, 0.6) is 5.75 Å². The summed E-state index contributed by atoms with van der Waals surface area (Å²) in [6.45, 7) is 4.49. The van der Waals surface area contributed by atoms with Crippen molar-refractivity contribution in [2.45, 2.75) is 26.9 Å². The van der Waals surface area contributed by atoms with Crippen LogP contribution in [-0.2, 0) is 13.0 Å². The zero-order valence-corrected chi connectivity index (χ0v) is 13.8. The van der Waals surface area contributed by atoms with Gasteiger partial charge in [0, 0.05) is 23.7 Å². The summed E-state index contributed by atoms with van der Waals surface area (Å²) in [5.41, 5.74) is 3.30. The van der Waals surface area contributed by atoms with E-state index >= 15 is 0 Å². The van der Waals surface area contributed by atoms with E-state index in [0.29, 0.717) is 17.9 Å². The number of ether oxygens (including phenoxy) is 1. The first kappa shape index (κ1) is 16.0. The summed E-state index contributed by atoms with van der Waals surface area (Å²) in [4.78, 5) is 15.7. The molecule has 4 nitrogen and oxygen atoms in total. The molecule has 1 aromatic carbocycles. The minimum atomic E-state index is -0.366. The number of benzene rings is 1. The zero-order valence-electron chi connectivity index (χ0n) is 13.8. The molecule has 0 aliphatic carbocycles. The topological polar surface area (TPSA) is 52.3 Å². The fourth-order valence-corrected chi connectivity index (χ4v) is 2.39. The Kier molecular flexibility index (Phi) is 4.75.